The quantitative estimate of drug-likeness (QED) is 0.462. The molecule has 2 aromatic heterocycles. The number of benzene rings is 2. The van der Waals surface area contributed by atoms with Gasteiger partial charge in [0.15, 0.2) is 0 Å². The summed E-state index contributed by atoms with van der Waals surface area (Å²) in [6.45, 7) is 0. The Morgan fingerprint density at radius 1 is 0.903 bits per heavy atom. The van der Waals surface area contributed by atoms with Gasteiger partial charge in [-0.3, -0.25) is 9.59 Å². The fraction of sp³-hybridized carbons (Fsp3) is 0.0455. The smallest absolute Gasteiger partial charge is 0.418 e. The predicted molar refractivity (Wildman–Crippen MR) is 108 cm³/mol. The molecule has 2 N–H and O–H groups in total. The van der Waals surface area contributed by atoms with Crippen molar-refractivity contribution in [1.82, 2.24) is 4.98 Å². The summed E-state index contributed by atoms with van der Waals surface area (Å²) in [6.07, 6.45) is -2.32. The molecule has 0 atom stereocenters. The van der Waals surface area contributed by atoms with Crippen LogP contribution >= 0.6 is 0 Å². The molecule has 4 aromatic rings. The summed E-state index contributed by atoms with van der Waals surface area (Å²) < 4.78 is 45.6. The van der Waals surface area contributed by atoms with Gasteiger partial charge in [0.2, 0.25) is 0 Å². The van der Waals surface area contributed by atoms with Crippen molar-refractivity contribution >= 4 is 34.1 Å². The van der Waals surface area contributed by atoms with Crippen molar-refractivity contribution in [2.45, 2.75) is 6.18 Å². The molecule has 31 heavy (non-hydrogen) atoms. The number of amides is 2. The fourth-order valence-electron chi connectivity index (χ4n) is 2.94. The summed E-state index contributed by atoms with van der Waals surface area (Å²) in [5, 5.41) is 5.42. The van der Waals surface area contributed by atoms with Gasteiger partial charge in [0, 0.05) is 11.1 Å². The second kappa shape index (κ2) is 7.94. The van der Waals surface area contributed by atoms with Gasteiger partial charge in [-0.05, 0) is 36.4 Å². The van der Waals surface area contributed by atoms with Gasteiger partial charge in [-0.25, -0.2) is 4.98 Å². The van der Waals surface area contributed by atoms with E-state index >= 15 is 0 Å². The number of carbonyl (C=O) groups is 2. The number of nitrogens with zero attached hydrogens (tertiary/aromatic N) is 1. The minimum absolute atomic E-state index is 0.0239. The number of furan rings is 1. The number of carbonyl (C=O) groups excluding carboxylic acids is 2. The summed E-state index contributed by atoms with van der Waals surface area (Å²) in [5.41, 5.74) is -0.957. The lowest BCUT2D eigenvalue weighted by atomic mass is 10.1. The standard InChI is InChI=1S/C22H14F3N3O3/c23-22(24,25)16-11-15(26-20(29)14-9-10-31-12-14)6-8-18(16)28-21(30)19-7-5-13-3-1-2-4-17(13)27-19/h1-12H,(H,26,29)(H,28,30). The van der Waals surface area contributed by atoms with Gasteiger partial charge in [-0.2, -0.15) is 13.2 Å². The molecule has 2 aromatic carbocycles. The summed E-state index contributed by atoms with van der Waals surface area (Å²) in [6, 6.07) is 14.6. The van der Waals surface area contributed by atoms with Gasteiger partial charge in [-0.15, -0.1) is 0 Å². The van der Waals surface area contributed by atoms with Crippen LogP contribution in [0.1, 0.15) is 26.4 Å². The topological polar surface area (TPSA) is 84.2 Å². The highest BCUT2D eigenvalue weighted by Crippen LogP contribution is 2.37. The molecular formula is C22H14F3N3O3. The third kappa shape index (κ3) is 4.40. The Morgan fingerprint density at radius 2 is 1.71 bits per heavy atom. The van der Waals surface area contributed by atoms with Gasteiger partial charge in [-0.1, -0.05) is 24.3 Å². The zero-order valence-corrected chi connectivity index (χ0v) is 15.7. The third-order valence-corrected chi connectivity index (χ3v) is 4.45. The zero-order chi connectivity index (χ0) is 22.0. The van der Waals surface area contributed by atoms with Crippen LogP contribution in [0, 0.1) is 0 Å². The number of halogens is 3. The van der Waals surface area contributed by atoms with Crippen molar-refractivity contribution < 1.29 is 27.2 Å². The number of aromatic nitrogens is 1. The average molecular weight is 425 g/mol. The number of nitrogens with one attached hydrogen (secondary N) is 2. The number of para-hydroxylation sites is 1. The van der Waals surface area contributed by atoms with Gasteiger partial charge >= 0.3 is 6.18 Å². The molecule has 156 valence electrons. The van der Waals surface area contributed by atoms with E-state index in [1.54, 1.807) is 18.2 Å². The number of alkyl halides is 3. The van der Waals surface area contributed by atoms with Crippen LogP contribution < -0.4 is 10.6 Å². The Morgan fingerprint density at radius 3 is 2.45 bits per heavy atom. The molecule has 6 nitrogen and oxygen atoms in total. The van der Waals surface area contributed by atoms with E-state index in [0.29, 0.717) is 5.52 Å². The Kier molecular flexibility index (Phi) is 5.16. The van der Waals surface area contributed by atoms with E-state index in [-0.39, 0.29) is 16.9 Å². The van der Waals surface area contributed by atoms with Gasteiger partial charge in [0.25, 0.3) is 11.8 Å². The van der Waals surface area contributed by atoms with E-state index in [4.69, 9.17) is 4.42 Å². The summed E-state index contributed by atoms with van der Waals surface area (Å²) in [4.78, 5) is 28.8. The molecule has 9 heteroatoms. The molecular weight excluding hydrogens is 411 g/mol. The second-order valence-electron chi connectivity index (χ2n) is 6.57. The predicted octanol–water partition coefficient (Wildman–Crippen LogP) is 5.35. The van der Waals surface area contributed by atoms with Crippen LogP contribution in [-0.4, -0.2) is 16.8 Å². The van der Waals surface area contributed by atoms with Crippen molar-refractivity contribution in [2.75, 3.05) is 10.6 Å². The third-order valence-electron chi connectivity index (χ3n) is 4.45. The SMILES string of the molecule is O=C(Nc1ccc(NC(=O)c2ccc3ccccc3n2)c(C(F)(F)F)c1)c1ccoc1. The van der Waals surface area contributed by atoms with Crippen LogP contribution in [0.5, 0.6) is 0 Å². The van der Waals surface area contributed by atoms with Crippen molar-refractivity contribution in [2.24, 2.45) is 0 Å². The zero-order valence-electron chi connectivity index (χ0n) is 15.7. The maximum absolute atomic E-state index is 13.6. The van der Waals surface area contributed by atoms with Crippen LogP contribution in [-0.2, 0) is 6.18 Å². The number of pyridine rings is 1. The van der Waals surface area contributed by atoms with E-state index in [1.807, 2.05) is 12.1 Å². The lowest BCUT2D eigenvalue weighted by Gasteiger charge is -2.15. The largest absolute Gasteiger partial charge is 0.472 e. The first-order valence-corrected chi connectivity index (χ1v) is 9.03. The van der Waals surface area contributed by atoms with Gasteiger partial charge in [0.05, 0.1) is 28.6 Å². The van der Waals surface area contributed by atoms with E-state index in [0.717, 1.165) is 17.5 Å². The molecule has 0 saturated carbocycles. The van der Waals surface area contributed by atoms with Crippen LogP contribution in [0.25, 0.3) is 10.9 Å². The number of hydrogen-bond donors (Lipinski definition) is 2. The fourth-order valence-corrected chi connectivity index (χ4v) is 2.94. The first-order valence-electron chi connectivity index (χ1n) is 9.03. The Hall–Kier alpha value is -4.14. The van der Waals surface area contributed by atoms with E-state index < -0.39 is 29.2 Å². The molecule has 0 unspecified atom stereocenters. The Labute approximate surface area is 173 Å². The minimum atomic E-state index is -4.77. The molecule has 2 heterocycles. The second-order valence-corrected chi connectivity index (χ2v) is 6.57. The first kappa shape index (κ1) is 20.1. The molecule has 0 aliphatic heterocycles. The van der Waals surface area contributed by atoms with Crippen molar-refractivity contribution in [3.8, 4) is 0 Å². The minimum Gasteiger partial charge on any atom is -0.472 e. The first-order chi connectivity index (χ1) is 14.8. The van der Waals surface area contributed by atoms with Crippen LogP contribution in [0.2, 0.25) is 0 Å². The van der Waals surface area contributed by atoms with Crippen LogP contribution in [0.15, 0.2) is 77.6 Å². The maximum atomic E-state index is 13.6. The highest BCUT2D eigenvalue weighted by molar-refractivity contribution is 6.06. The number of fused-ring (bicyclic) bond motifs is 1. The molecule has 0 bridgehead atoms. The molecule has 0 saturated heterocycles. The van der Waals surface area contributed by atoms with E-state index in [9.17, 15) is 22.8 Å². The monoisotopic (exact) mass is 425 g/mol. The maximum Gasteiger partial charge on any atom is 0.418 e. The van der Waals surface area contributed by atoms with Crippen molar-refractivity contribution in [3.63, 3.8) is 0 Å². The molecule has 0 aliphatic carbocycles. The summed E-state index contributed by atoms with van der Waals surface area (Å²) >= 11 is 0. The molecule has 0 fully saturated rings. The number of hydrogen-bond acceptors (Lipinski definition) is 4. The molecule has 0 radical (unpaired) electrons. The van der Waals surface area contributed by atoms with Crippen molar-refractivity contribution in [1.29, 1.82) is 0 Å². The average Bonchev–Trinajstić information content (AvgIpc) is 3.29. The lowest BCUT2D eigenvalue weighted by Crippen LogP contribution is -2.18. The normalized spacial score (nSPS) is 11.3. The summed E-state index contributed by atoms with van der Waals surface area (Å²) in [5.74, 6) is -1.41. The van der Waals surface area contributed by atoms with Crippen molar-refractivity contribution in [3.05, 3.63) is 90.0 Å². The molecule has 4 rings (SSSR count). The Balaban J connectivity index is 1.60. The molecule has 2 amide bonds. The highest BCUT2D eigenvalue weighted by atomic mass is 19.4. The van der Waals surface area contributed by atoms with E-state index in [1.165, 1.54) is 30.7 Å². The van der Waals surface area contributed by atoms with Crippen LogP contribution in [0.3, 0.4) is 0 Å². The Bertz CT molecular complexity index is 1270. The number of anilines is 2. The highest BCUT2D eigenvalue weighted by Gasteiger charge is 2.34. The molecule has 0 spiro atoms. The van der Waals surface area contributed by atoms with Gasteiger partial charge in [0.1, 0.15) is 12.0 Å². The number of rotatable bonds is 4. The van der Waals surface area contributed by atoms with Gasteiger partial charge < -0.3 is 15.1 Å². The molecule has 0 aliphatic rings. The lowest BCUT2D eigenvalue weighted by molar-refractivity contribution is -0.136. The van der Waals surface area contributed by atoms with E-state index in [2.05, 4.69) is 15.6 Å². The van der Waals surface area contributed by atoms with Crippen LogP contribution in [0.4, 0.5) is 24.5 Å². The summed E-state index contributed by atoms with van der Waals surface area (Å²) in [7, 11) is 0.